The average molecular weight is 512 g/mol. The molecule has 1 aliphatic rings. The summed E-state index contributed by atoms with van der Waals surface area (Å²) in [6, 6.07) is 19.5. The van der Waals surface area contributed by atoms with Gasteiger partial charge in [-0.15, -0.1) is 0 Å². The van der Waals surface area contributed by atoms with Gasteiger partial charge in [-0.2, -0.15) is 0 Å². The van der Waals surface area contributed by atoms with E-state index in [0.717, 1.165) is 28.9 Å². The van der Waals surface area contributed by atoms with Crippen molar-refractivity contribution in [1.82, 2.24) is 4.98 Å². The Bertz CT molecular complexity index is 1240. The molecule has 0 saturated heterocycles. The van der Waals surface area contributed by atoms with Gasteiger partial charge in [0.1, 0.15) is 0 Å². The molecule has 0 unspecified atom stereocenters. The van der Waals surface area contributed by atoms with Crippen molar-refractivity contribution in [3.63, 3.8) is 0 Å². The van der Waals surface area contributed by atoms with Crippen molar-refractivity contribution < 1.29 is 13.2 Å². The molecule has 2 heterocycles. The molecule has 1 fully saturated rings. The zero-order chi connectivity index (χ0) is 23.2. The van der Waals surface area contributed by atoms with Crippen LogP contribution in [0.4, 0.5) is 13.2 Å². The molecule has 5 rings (SSSR count). The Morgan fingerprint density at radius 1 is 0.939 bits per heavy atom. The average Bonchev–Trinajstić information content (AvgIpc) is 3.23. The summed E-state index contributed by atoms with van der Waals surface area (Å²) in [6.45, 7) is 4.62. The molecule has 33 heavy (non-hydrogen) atoms. The molecule has 0 aliphatic heterocycles. The van der Waals surface area contributed by atoms with Crippen LogP contribution in [0.2, 0.25) is 0 Å². The van der Waals surface area contributed by atoms with E-state index in [1.807, 2.05) is 42.5 Å². The van der Waals surface area contributed by atoms with Gasteiger partial charge in [0, 0.05) is 0 Å². The fourth-order valence-electron chi connectivity index (χ4n) is 4.83. The predicted molar refractivity (Wildman–Crippen MR) is 130 cm³/mol. The Balaban J connectivity index is 1.51. The summed E-state index contributed by atoms with van der Waals surface area (Å²) in [5.41, 5.74) is 2.37. The van der Waals surface area contributed by atoms with Gasteiger partial charge >= 0.3 is 185 Å². The van der Waals surface area contributed by atoms with Gasteiger partial charge in [-0.25, -0.2) is 0 Å². The molecule has 0 N–H and O–H groups in total. The first-order valence-electron chi connectivity index (χ1n) is 11.4. The Hall–Kier alpha value is -2.36. The van der Waals surface area contributed by atoms with Gasteiger partial charge in [0.25, 0.3) is 0 Å². The van der Waals surface area contributed by atoms with Gasteiger partial charge in [-0.05, 0) is 0 Å². The van der Waals surface area contributed by atoms with Crippen molar-refractivity contribution >= 4 is 24.1 Å². The Morgan fingerprint density at radius 2 is 1.64 bits per heavy atom. The number of pyridine rings is 1. The molecule has 0 amide bonds. The third-order valence-corrected chi connectivity index (χ3v) is 9.31. The molecule has 0 atom stereocenters. The molecular weight excluding hydrogens is 486 g/mol. The molecule has 5 heteroatoms. The van der Waals surface area contributed by atoms with E-state index in [1.165, 1.54) is 22.7 Å². The van der Waals surface area contributed by atoms with Crippen LogP contribution in [0.3, 0.4) is 0 Å². The van der Waals surface area contributed by atoms with Crippen LogP contribution in [-0.4, -0.2) is 19.5 Å². The molecule has 4 aromatic rings. The van der Waals surface area contributed by atoms with E-state index in [9.17, 15) is 13.2 Å². The first-order chi connectivity index (χ1) is 15.7. The second-order valence-corrected chi connectivity index (χ2v) is 12.1. The van der Waals surface area contributed by atoms with E-state index in [-0.39, 0.29) is 20.1 Å². The fraction of sp³-hybridized carbons (Fsp3) is 0.321. The monoisotopic (exact) mass is 513 g/mol. The van der Waals surface area contributed by atoms with Crippen molar-refractivity contribution in [2.45, 2.75) is 51.6 Å². The van der Waals surface area contributed by atoms with Crippen LogP contribution in [0.15, 0.2) is 66.9 Å². The third kappa shape index (κ3) is 4.67. The zero-order valence-corrected chi connectivity index (χ0v) is 20.5. The molecule has 2 aromatic heterocycles. The maximum absolute atomic E-state index is 13.9. The van der Waals surface area contributed by atoms with E-state index >= 15 is 0 Å². The fourth-order valence-corrected chi connectivity index (χ4v) is 6.99. The van der Waals surface area contributed by atoms with Crippen LogP contribution < -0.4 is 0 Å². The molecule has 0 spiro atoms. The van der Waals surface area contributed by atoms with Crippen molar-refractivity contribution in [3.8, 4) is 21.3 Å². The quantitative estimate of drug-likeness (QED) is 0.252. The predicted octanol–water partition coefficient (Wildman–Crippen LogP) is 8.33. The molecule has 0 radical (unpaired) electrons. The van der Waals surface area contributed by atoms with Crippen LogP contribution in [-0.2, 0) is 6.18 Å². The molecule has 2 aromatic carbocycles. The van der Waals surface area contributed by atoms with Crippen LogP contribution in [0, 0.1) is 5.41 Å². The Labute approximate surface area is 198 Å². The normalized spacial score (nSPS) is 16.9. The molecular formula is C28H26F3NSe. The van der Waals surface area contributed by atoms with E-state index in [2.05, 4.69) is 31.0 Å². The molecule has 1 aliphatic carbocycles. The maximum atomic E-state index is 13.9. The standard InChI is InChI=1S/C28H26F3NSe/c1-27(2)13-11-19(12-14-27)18-7-9-20(10-8-18)22-16-24(32-17-23(22)28(29,30)31)26-15-21-5-3-4-6-25(21)33-26/h3-10,15-17,19H,11-14H2,1-2H3. The van der Waals surface area contributed by atoms with Gasteiger partial charge in [-0.1, -0.05) is 13.8 Å². The molecule has 1 saturated carbocycles. The third-order valence-electron chi connectivity index (χ3n) is 6.92. The van der Waals surface area contributed by atoms with E-state index in [4.69, 9.17) is 0 Å². The van der Waals surface area contributed by atoms with Crippen molar-refractivity contribution in [2.24, 2.45) is 5.41 Å². The van der Waals surface area contributed by atoms with E-state index < -0.39 is 11.7 Å². The zero-order valence-electron chi connectivity index (χ0n) is 18.7. The number of hydrogen-bond acceptors (Lipinski definition) is 1. The summed E-state index contributed by atoms with van der Waals surface area (Å²) in [4.78, 5) is 4.23. The van der Waals surface area contributed by atoms with E-state index in [1.54, 1.807) is 6.07 Å². The SMILES string of the molecule is CC1(C)CCC(c2ccc(-c3cc(-c4cc5ccccc5[se]4)ncc3C(F)(F)F)cc2)CC1. The van der Waals surface area contributed by atoms with Gasteiger partial charge < -0.3 is 0 Å². The topological polar surface area (TPSA) is 12.9 Å². The number of rotatable bonds is 3. The van der Waals surface area contributed by atoms with Crippen molar-refractivity contribution in [2.75, 3.05) is 0 Å². The van der Waals surface area contributed by atoms with Crippen LogP contribution >= 0.6 is 0 Å². The van der Waals surface area contributed by atoms with Crippen molar-refractivity contribution in [1.29, 1.82) is 0 Å². The minimum absolute atomic E-state index is 0.0409. The number of benzene rings is 2. The molecule has 0 bridgehead atoms. The number of fused-ring (bicyclic) bond motifs is 1. The van der Waals surface area contributed by atoms with Gasteiger partial charge in [-0.3, -0.25) is 0 Å². The first kappa shape index (κ1) is 22.4. The van der Waals surface area contributed by atoms with Crippen molar-refractivity contribution in [3.05, 3.63) is 78.0 Å². The summed E-state index contributed by atoms with van der Waals surface area (Å²) in [6.07, 6.45) is 1.19. The number of aromatic nitrogens is 1. The van der Waals surface area contributed by atoms with Gasteiger partial charge in [0.05, 0.1) is 0 Å². The Morgan fingerprint density at radius 3 is 2.30 bits per heavy atom. The first-order valence-corrected chi connectivity index (χ1v) is 13.1. The summed E-state index contributed by atoms with van der Waals surface area (Å²) in [5, 5.41) is 1.13. The van der Waals surface area contributed by atoms with Crippen LogP contribution in [0.25, 0.3) is 30.9 Å². The summed E-state index contributed by atoms with van der Waals surface area (Å²) < 4.78 is 43.8. The number of halogens is 3. The summed E-state index contributed by atoms with van der Waals surface area (Å²) in [5.74, 6) is 0.493. The molecule has 170 valence electrons. The van der Waals surface area contributed by atoms with Gasteiger partial charge in [0.2, 0.25) is 0 Å². The van der Waals surface area contributed by atoms with Crippen LogP contribution in [0.5, 0.6) is 0 Å². The van der Waals surface area contributed by atoms with Crippen LogP contribution in [0.1, 0.15) is 56.6 Å². The number of nitrogens with zero attached hydrogens (tertiary/aromatic N) is 1. The number of hydrogen-bond donors (Lipinski definition) is 0. The summed E-state index contributed by atoms with van der Waals surface area (Å²) in [7, 11) is 0. The van der Waals surface area contributed by atoms with E-state index in [0.29, 0.717) is 22.6 Å². The van der Waals surface area contributed by atoms with Gasteiger partial charge in [0.15, 0.2) is 0 Å². The minimum atomic E-state index is -4.45. The molecule has 1 nitrogen and oxygen atoms in total. The number of alkyl halides is 3. The second-order valence-electron chi connectivity index (χ2n) is 9.82. The second kappa shape index (κ2) is 8.45. The Kier molecular flexibility index (Phi) is 5.74. The summed E-state index contributed by atoms with van der Waals surface area (Å²) >= 11 is 0.0409.